The van der Waals surface area contributed by atoms with Gasteiger partial charge in [0.2, 0.25) is 5.91 Å². The maximum atomic E-state index is 13.1. The first-order chi connectivity index (χ1) is 18.9. The Labute approximate surface area is 223 Å². The second-order valence-electron chi connectivity index (χ2n) is 9.76. The second kappa shape index (κ2) is 9.96. The van der Waals surface area contributed by atoms with E-state index in [0.29, 0.717) is 32.9 Å². The van der Waals surface area contributed by atoms with Crippen molar-refractivity contribution in [3.63, 3.8) is 0 Å². The lowest BCUT2D eigenvalue weighted by Crippen LogP contribution is -2.64. The van der Waals surface area contributed by atoms with E-state index >= 15 is 0 Å². The van der Waals surface area contributed by atoms with Crippen LogP contribution in [0.4, 0.5) is 14.5 Å². The number of fused-ring (bicyclic) bond motifs is 1. The lowest BCUT2D eigenvalue weighted by Gasteiger charge is -2.48. The third-order valence-corrected chi connectivity index (χ3v) is 7.59. The maximum Gasteiger partial charge on any atom is 0.333 e. The molecule has 3 aromatic heterocycles. The van der Waals surface area contributed by atoms with E-state index in [9.17, 15) is 18.8 Å². The summed E-state index contributed by atoms with van der Waals surface area (Å²) in [4.78, 5) is 18.3. The van der Waals surface area contributed by atoms with Gasteiger partial charge in [-0.3, -0.25) is 9.69 Å². The number of carbonyl (C=O) groups is 1. The molecule has 2 saturated heterocycles. The predicted molar refractivity (Wildman–Crippen MR) is 142 cm³/mol. The summed E-state index contributed by atoms with van der Waals surface area (Å²) in [6, 6.07) is 12.7. The number of aromatic nitrogens is 4. The van der Waals surface area contributed by atoms with Gasteiger partial charge in [0.05, 0.1) is 23.5 Å². The van der Waals surface area contributed by atoms with Crippen molar-refractivity contribution < 1.29 is 13.6 Å². The number of anilines is 1. The highest BCUT2D eigenvalue weighted by Gasteiger charge is 2.35. The van der Waals surface area contributed by atoms with Crippen molar-refractivity contribution in [2.45, 2.75) is 12.6 Å². The summed E-state index contributed by atoms with van der Waals surface area (Å²) >= 11 is 0. The minimum atomic E-state index is -2.73. The lowest BCUT2D eigenvalue weighted by molar-refractivity contribution is -0.133. The highest BCUT2D eigenvalue weighted by atomic mass is 19.3. The molecule has 5 heterocycles. The number of nitriles is 1. The van der Waals surface area contributed by atoms with E-state index in [1.165, 1.54) is 24.7 Å². The number of nitrogens with zero attached hydrogens (tertiary/aromatic N) is 8. The molecule has 198 valence electrons. The van der Waals surface area contributed by atoms with E-state index in [-0.39, 0.29) is 5.91 Å². The summed E-state index contributed by atoms with van der Waals surface area (Å²) in [6.07, 6.45) is 7.29. The number of amides is 1. The summed E-state index contributed by atoms with van der Waals surface area (Å²) in [5, 5.41) is 17.7. The van der Waals surface area contributed by atoms with Gasteiger partial charge in [-0.05, 0) is 29.8 Å². The molecule has 0 atom stereocenters. The van der Waals surface area contributed by atoms with Gasteiger partial charge in [0.15, 0.2) is 0 Å². The van der Waals surface area contributed by atoms with Gasteiger partial charge in [-0.2, -0.15) is 24.2 Å². The number of hydrogen-bond donors (Lipinski definition) is 0. The molecule has 2 aliphatic heterocycles. The zero-order valence-electron chi connectivity index (χ0n) is 21.1. The number of halogens is 2. The van der Waals surface area contributed by atoms with E-state index in [0.717, 1.165) is 56.1 Å². The van der Waals surface area contributed by atoms with Crippen molar-refractivity contribution in [3.05, 3.63) is 73.3 Å². The Kier molecular flexibility index (Phi) is 6.32. The van der Waals surface area contributed by atoms with Gasteiger partial charge < -0.3 is 9.80 Å². The first-order valence-corrected chi connectivity index (χ1v) is 12.7. The van der Waals surface area contributed by atoms with Crippen molar-refractivity contribution in [2.75, 3.05) is 44.2 Å². The largest absolute Gasteiger partial charge is 0.369 e. The smallest absolute Gasteiger partial charge is 0.333 e. The van der Waals surface area contributed by atoms with Gasteiger partial charge in [-0.25, -0.2) is 9.20 Å². The Morgan fingerprint density at radius 3 is 2.41 bits per heavy atom. The minimum absolute atomic E-state index is 0.00571. The number of alkyl halides is 2. The van der Waals surface area contributed by atoms with Gasteiger partial charge in [-0.1, -0.05) is 18.7 Å². The summed E-state index contributed by atoms with van der Waals surface area (Å²) in [6.45, 7) is 5.99. The van der Waals surface area contributed by atoms with Crippen molar-refractivity contribution in [3.8, 4) is 28.3 Å². The molecule has 0 bridgehead atoms. The van der Waals surface area contributed by atoms with Crippen LogP contribution in [0.5, 0.6) is 0 Å². The molecule has 2 fully saturated rings. The van der Waals surface area contributed by atoms with E-state index in [4.69, 9.17) is 0 Å². The molecular weight excluding hydrogens is 502 g/mol. The zero-order valence-corrected chi connectivity index (χ0v) is 21.1. The summed E-state index contributed by atoms with van der Waals surface area (Å²) < 4.78 is 28.4. The minimum Gasteiger partial charge on any atom is -0.369 e. The SMILES string of the molecule is C=CC(=O)N1CC(N2CCN(c3ccc(-c4cc(-c5cnn(C(F)F)c5)cn5ncc(C#N)c45)cc3)CC2)C1. The van der Waals surface area contributed by atoms with Crippen molar-refractivity contribution in [1.29, 1.82) is 5.26 Å². The molecule has 39 heavy (non-hydrogen) atoms. The van der Waals surface area contributed by atoms with Crippen LogP contribution < -0.4 is 4.90 Å². The molecule has 0 unspecified atom stereocenters. The Morgan fingerprint density at radius 2 is 1.77 bits per heavy atom. The number of piperazine rings is 1. The Morgan fingerprint density at radius 1 is 1.03 bits per heavy atom. The van der Waals surface area contributed by atoms with E-state index in [1.54, 1.807) is 10.7 Å². The molecule has 0 radical (unpaired) electrons. The van der Waals surface area contributed by atoms with E-state index in [2.05, 4.69) is 44.8 Å². The van der Waals surface area contributed by atoms with Crippen LogP contribution in [0.1, 0.15) is 12.1 Å². The van der Waals surface area contributed by atoms with Crippen LogP contribution in [-0.4, -0.2) is 80.4 Å². The van der Waals surface area contributed by atoms with Crippen LogP contribution in [0.15, 0.2) is 67.8 Å². The third kappa shape index (κ3) is 4.53. The molecule has 1 amide bonds. The number of rotatable bonds is 6. The summed E-state index contributed by atoms with van der Waals surface area (Å²) in [7, 11) is 0. The van der Waals surface area contributed by atoms with Gasteiger partial charge in [0.1, 0.15) is 6.07 Å². The topological polar surface area (TPSA) is 85.7 Å². The monoisotopic (exact) mass is 528 g/mol. The van der Waals surface area contributed by atoms with Gasteiger partial charge in [-0.15, -0.1) is 0 Å². The fourth-order valence-corrected chi connectivity index (χ4v) is 5.37. The van der Waals surface area contributed by atoms with Gasteiger partial charge in [0.25, 0.3) is 0 Å². The number of benzene rings is 1. The molecule has 4 aromatic rings. The first-order valence-electron chi connectivity index (χ1n) is 12.7. The van der Waals surface area contributed by atoms with Gasteiger partial charge in [0, 0.05) is 80.1 Å². The normalized spacial score (nSPS) is 16.5. The predicted octanol–water partition coefficient (Wildman–Crippen LogP) is 3.65. The van der Waals surface area contributed by atoms with Crippen LogP contribution in [0.2, 0.25) is 0 Å². The molecule has 0 spiro atoms. The highest BCUT2D eigenvalue weighted by Crippen LogP contribution is 2.33. The summed E-state index contributed by atoms with van der Waals surface area (Å²) in [5.41, 5.74) is 5.08. The molecule has 0 N–H and O–H groups in total. The second-order valence-corrected chi connectivity index (χ2v) is 9.76. The van der Waals surface area contributed by atoms with Gasteiger partial charge >= 0.3 is 6.55 Å². The molecular formula is C28H26F2N8O. The van der Waals surface area contributed by atoms with Crippen LogP contribution in [0, 0.1) is 11.3 Å². The Bertz CT molecular complexity index is 1570. The number of likely N-dealkylation sites (tertiary alicyclic amines) is 1. The third-order valence-electron chi connectivity index (χ3n) is 7.59. The van der Waals surface area contributed by atoms with Crippen LogP contribution in [0.25, 0.3) is 27.8 Å². The molecule has 0 aliphatic carbocycles. The fraction of sp³-hybridized carbons (Fsp3) is 0.286. The average Bonchev–Trinajstić information content (AvgIpc) is 3.60. The lowest BCUT2D eigenvalue weighted by atomic mass is 9.99. The number of hydrogen-bond acceptors (Lipinski definition) is 6. The number of pyridine rings is 1. The van der Waals surface area contributed by atoms with Crippen molar-refractivity contribution in [2.24, 2.45) is 0 Å². The van der Waals surface area contributed by atoms with Crippen molar-refractivity contribution in [1.82, 2.24) is 29.2 Å². The molecule has 11 heteroatoms. The Balaban J connectivity index is 1.22. The summed E-state index contributed by atoms with van der Waals surface area (Å²) in [5.74, 6) is -0.00571. The average molecular weight is 529 g/mol. The van der Waals surface area contributed by atoms with E-state index in [1.807, 2.05) is 23.1 Å². The highest BCUT2D eigenvalue weighted by molar-refractivity contribution is 5.88. The zero-order chi connectivity index (χ0) is 27.1. The van der Waals surface area contributed by atoms with Crippen LogP contribution >= 0.6 is 0 Å². The quantitative estimate of drug-likeness (QED) is 0.355. The standard InChI is InChI=1S/C28H26F2N8O/c1-2-26(39)36-17-24(18-36)35-9-7-34(8-10-35)23-5-3-19(4-6-23)25-11-20(22-14-33-38(16-22)28(29)30)15-37-27(25)21(12-31)13-32-37/h2-6,11,13-16,24,28H,1,7-10,17-18H2. The number of carbonyl (C=O) groups excluding carboxylic acids is 1. The van der Waals surface area contributed by atoms with E-state index < -0.39 is 6.55 Å². The molecule has 6 rings (SSSR count). The molecule has 9 nitrogen and oxygen atoms in total. The van der Waals surface area contributed by atoms with Crippen LogP contribution in [-0.2, 0) is 4.79 Å². The molecule has 2 aliphatic rings. The van der Waals surface area contributed by atoms with Crippen molar-refractivity contribution >= 4 is 17.1 Å². The molecule has 0 saturated carbocycles. The maximum absolute atomic E-state index is 13.1. The Hall–Kier alpha value is -4.56. The first kappa shape index (κ1) is 24.8. The van der Waals surface area contributed by atoms with Crippen LogP contribution in [0.3, 0.4) is 0 Å². The fourth-order valence-electron chi connectivity index (χ4n) is 5.37. The molecule has 1 aromatic carbocycles.